The average Bonchev–Trinajstić information content (AvgIpc) is 3.00. The molecule has 0 aliphatic heterocycles. The van der Waals surface area contributed by atoms with Crippen LogP contribution in [-0.4, -0.2) is 39.2 Å². The Labute approximate surface area is 146 Å². The van der Waals surface area contributed by atoms with E-state index in [9.17, 15) is 4.79 Å². The maximum absolute atomic E-state index is 12.3. The van der Waals surface area contributed by atoms with Gasteiger partial charge < -0.3 is 5.32 Å². The zero-order valence-corrected chi connectivity index (χ0v) is 15.6. The molecule has 1 aliphatic rings. The van der Waals surface area contributed by atoms with Gasteiger partial charge in [0.05, 0.1) is 17.9 Å². The molecule has 3 rings (SSSR count). The van der Waals surface area contributed by atoms with Gasteiger partial charge in [-0.3, -0.25) is 14.4 Å². The molecule has 1 N–H and O–H groups in total. The highest BCUT2D eigenvalue weighted by Gasteiger charge is 2.20. The Hall–Kier alpha value is -1.73. The Bertz CT molecular complexity index is 735. The van der Waals surface area contributed by atoms with Gasteiger partial charge in [0.15, 0.2) is 5.13 Å². The quantitative estimate of drug-likeness (QED) is 0.902. The van der Waals surface area contributed by atoms with E-state index in [1.54, 1.807) is 16.0 Å². The minimum absolute atomic E-state index is 0.0156. The summed E-state index contributed by atoms with van der Waals surface area (Å²) in [7, 11) is 3.86. The fourth-order valence-electron chi connectivity index (χ4n) is 3.15. The Morgan fingerprint density at radius 2 is 2.33 bits per heavy atom. The first-order valence-electron chi connectivity index (χ1n) is 8.37. The number of likely N-dealkylation sites (N-methyl/N-ethyl adjacent to an activating group) is 1. The van der Waals surface area contributed by atoms with Crippen LogP contribution in [0.5, 0.6) is 0 Å². The van der Waals surface area contributed by atoms with Crippen molar-refractivity contribution in [3.8, 4) is 0 Å². The zero-order valence-electron chi connectivity index (χ0n) is 14.8. The summed E-state index contributed by atoms with van der Waals surface area (Å²) in [6, 6.07) is 0. The van der Waals surface area contributed by atoms with Crippen LogP contribution in [0.1, 0.15) is 35.2 Å². The van der Waals surface area contributed by atoms with E-state index in [2.05, 4.69) is 22.3 Å². The van der Waals surface area contributed by atoms with E-state index in [0.717, 1.165) is 35.1 Å². The molecule has 2 heterocycles. The number of nitrogens with zero attached hydrogens (tertiary/aromatic N) is 4. The van der Waals surface area contributed by atoms with Crippen molar-refractivity contribution < 1.29 is 4.79 Å². The summed E-state index contributed by atoms with van der Waals surface area (Å²) in [4.78, 5) is 20.2. The van der Waals surface area contributed by atoms with Gasteiger partial charge in [-0.05, 0) is 39.2 Å². The van der Waals surface area contributed by atoms with Crippen LogP contribution in [0.3, 0.4) is 0 Å². The Kier molecular flexibility index (Phi) is 5.01. The maximum atomic E-state index is 12.3. The number of carbonyl (C=O) groups is 1. The van der Waals surface area contributed by atoms with Crippen LogP contribution in [0.25, 0.3) is 0 Å². The molecule has 1 unspecified atom stereocenters. The number of hydrogen-bond donors (Lipinski definition) is 1. The van der Waals surface area contributed by atoms with Crippen molar-refractivity contribution in [1.82, 2.24) is 19.7 Å². The van der Waals surface area contributed by atoms with E-state index in [-0.39, 0.29) is 5.91 Å². The summed E-state index contributed by atoms with van der Waals surface area (Å²) < 4.78 is 1.81. The average molecular weight is 347 g/mol. The molecule has 0 spiro atoms. The molecule has 0 saturated carbocycles. The lowest BCUT2D eigenvalue weighted by atomic mass is 9.93. The maximum Gasteiger partial charge on any atom is 0.240 e. The van der Waals surface area contributed by atoms with Crippen molar-refractivity contribution in [3.63, 3.8) is 0 Å². The van der Waals surface area contributed by atoms with Gasteiger partial charge in [-0.25, -0.2) is 4.98 Å². The molecular weight excluding hydrogens is 322 g/mol. The molecule has 0 fully saturated rings. The molecule has 2 aromatic rings. The van der Waals surface area contributed by atoms with Crippen LogP contribution in [0, 0.1) is 12.8 Å². The highest BCUT2D eigenvalue weighted by molar-refractivity contribution is 7.15. The highest BCUT2D eigenvalue weighted by Crippen LogP contribution is 2.32. The predicted octanol–water partition coefficient (Wildman–Crippen LogP) is 2.38. The molecule has 0 aromatic carbocycles. The van der Waals surface area contributed by atoms with Crippen LogP contribution in [0.4, 0.5) is 5.13 Å². The van der Waals surface area contributed by atoms with Crippen molar-refractivity contribution in [2.75, 3.05) is 18.9 Å². The first-order valence-corrected chi connectivity index (χ1v) is 9.18. The van der Waals surface area contributed by atoms with Gasteiger partial charge in [-0.1, -0.05) is 6.92 Å². The lowest BCUT2D eigenvalue weighted by Crippen LogP contribution is -2.29. The second-order valence-electron chi connectivity index (χ2n) is 6.87. The second-order valence-corrected chi connectivity index (χ2v) is 7.95. The summed E-state index contributed by atoms with van der Waals surface area (Å²) in [5.74, 6) is 0.702. The third kappa shape index (κ3) is 4.02. The van der Waals surface area contributed by atoms with Gasteiger partial charge in [-0.2, -0.15) is 5.10 Å². The van der Waals surface area contributed by atoms with Crippen LogP contribution >= 0.6 is 11.3 Å². The third-order valence-electron chi connectivity index (χ3n) is 4.40. The minimum atomic E-state index is -0.0156. The van der Waals surface area contributed by atoms with E-state index in [1.807, 2.05) is 32.1 Å². The first-order chi connectivity index (χ1) is 11.4. The number of fused-ring (bicyclic) bond motifs is 1. The van der Waals surface area contributed by atoms with Crippen molar-refractivity contribution in [2.24, 2.45) is 13.0 Å². The lowest BCUT2D eigenvalue weighted by Gasteiger charge is -2.15. The number of hydrogen-bond acceptors (Lipinski definition) is 5. The Morgan fingerprint density at radius 3 is 3.04 bits per heavy atom. The van der Waals surface area contributed by atoms with Gasteiger partial charge in [0.2, 0.25) is 5.91 Å². The number of nitrogens with one attached hydrogen (secondary N) is 1. The van der Waals surface area contributed by atoms with E-state index >= 15 is 0 Å². The van der Waals surface area contributed by atoms with Gasteiger partial charge in [-0.15, -0.1) is 11.3 Å². The molecule has 1 atom stereocenters. The SMILES string of the molecule is Cc1nn(C)cc1CN(C)CC(=O)Nc1nc2c(s1)CC(C)CC2. The number of rotatable bonds is 5. The number of aryl methyl sites for hydroxylation is 3. The fourth-order valence-corrected chi connectivity index (χ4v) is 4.34. The summed E-state index contributed by atoms with van der Waals surface area (Å²) in [5.41, 5.74) is 3.32. The molecule has 0 radical (unpaired) electrons. The summed E-state index contributed by atoms with van der Waals surface area (Å²) in [6.07, 6.45) is 5.31. The highest BCUT2D eigenvalue weighted by atomic mass is 32.1. The molecule has 2 aromatic heterocycles. The topological polar surface area (TPSA) is 63.1 Å². The Balaban J connectivity index is 1.54. The van der Waals surface area contributed by atoms with Crippen LogP contribution in [0.2, 0.25) is 0 Å². The van der Waals surface area contributed by atoms with Crippen molar-refractivity contribution >= 4 is 22.4 Å². The van der Waals surface area contributed by atoms with Crippen molar-refractivity contribution in [2.45, 2.75) is 39.7 Å². The van der Waals surface area contributed by atoms with E-state index in [4.69, 9.17) is 0 Å². The first kappa shape index (κ1) is 17.1. The van der Waals surface area contributed by atoms with Gasteiger partial charge in [0.1, 0.15) is 0 Å². The lowest BCUT2D eigenvalue weighted by molar-refractivity contribution is -0.117. The van der Waals surface area contributed by atoms with Crippen molar-refractivity contribution in [3.05, 3.63) is 28.0 Å². The number of thiazole rings is 1. The standard InChI is InChI=1S/C17H25N5OS/c1-11-5-6-14-15(7-11)24-17(18-14)19-16(23)10-21(3)8-13-9-22(4)20-12(13)2/h9,11H,5-8,10H2,1-4H3,(H,18,19,23). The molecule has 0 saturated heterocycles. The van der Waals surface area contributed by atoms with E-state index in [1.165, 1.54) is 17.0 Å². The molecule has 0 bridgehead atoms. The third-order valence-corrected chi connectivity index (χ3v) is 5.44. The predicted molar refractivity (Wildman–Crippen MR) is 96.2 cm³/mol. The summed E-state index contributed by atoms with van der Waals surface area (Å²) in [6.45, 7) is 5.31. The molecule has 6 nitrogen and oxygen atoms in total. The van der Waals surface area contributed by atoms with E-state index in [0.29, 0.717) is 13.1 Å². The van der Waals surface area contributed by atoms with Gasteiger partial charge in [0, 0.05) is 30.2 Å². The van der Waals surface area contributed by atoms with Gasteiger partial charge in [0.25, 0.3) is 0 Å². The van der Waals surface area contributed by atoms with Gasteiger partial charge >= 0.3 is 0 Å². The number of carbonyl (C=O) groups excluding carboxylic acids is 1. The summed E-state index contributed by atoms with van der Waals surface area (Å²) in [5, 5.41) is 8.03. The normalized spacial score (nSPS) is 17.1. The van der Waals surface area contributed by atoms with E-state index < -0.39 is 0 Å². The monoisotopic (exact) mass is 347 g/mol. The second kappa shape index (κ2) is 7.03. The molecular formula is C17H25N5OS. The number of aromatic nitrogens is 3. The molecule has 1 aliphatic carbocycles. The van der Waals surface area contributed by atoms with Crippen LogP contribution in [-0.2, 0) is 31.2 Å². The Morgan fingerprint density at radius 1 is 1.54 bits per heavy atom. The van der Waals surface area contributed by atoms with Crippen molar-refractivity contribution in [1.29, 1.82) is 0 Å². The van der Waals surface area contributed by atoms with Crippen LogP contribution < -0.4 is 5.32 Å². The largest absolute Gasteiger partial charge is 0.301 e. The fraction of sp³-hybridized carbons (Fsp3) is 0.588. The summed E-state index contributed by atoms with van der Waals surface area (Å²) >= 11 is 1.63. The molecule has 7 heteroatoms. The number of amides is 1. The smallest absolute Gasteiger partial charge is 0.240 e. The minimum Gasteiger partial charge on any atom is -0.301 e. The molecule has 24 heavy (non-hydrogen) atoms. The zero-order chi connectivity index (χ0) is 17.3. The number of anilines is 1. The molecule has 1 amide bonds. The van der Waals surface area contributed by atoms with Crippen LogP contribution in [0.15, 0.2) is 6.20 Å². The molecule has 130 valence electrons.